The lowest BCUT2D eigenvalue weighted by Gasteiger charge is -2.22. The van der Waals surface area contributed by atoms with Crippen LogP contribution in [0, 0.1) is 0 Å². The maximum absolute atomic E-state index is 12.7. The normalized spacial score (nSPS) is 20.3. The third-order valence-electron chi connectivity index (χ3n) is 3.45. The van der Waals surface area contributed by atoms with Crippen LogP contribution in [0.3, 0.4) is 0 Å². The molecule has 5 nitrogen and oxygen atoms in total. The minimum atomic E-state index is -3.75. The Hall–Kier alpha value is -1.44. The van der Waals surface area contributed by atoms with Gasteiger partial charge < -0.3 is 4.98 Å². The summed E-state index contributed by atoms with van der Waals surface area (Å²) < 4.78 is 26.8. The highest BCUT2D eigenvalue weighted by Gasteiger charge is 2.37. The molecule has 0 aromatic carbocycles. The molecule has 20 heavy (non-hydrogen) atoms. The number of rotatable bonds is 3. The van der Waals surface area contributed by atoms with Crippen LogP contribution in [0.2, 0.25) is 0 Å². The molecule has 3 heterocycles. The second kappa shape index (κ2) is 5.16. The van der Waals surface area contributed by atoms with Gasteiger partial charge in [-0.2, -0.15) is 4.31 Å². The van der Waals surface area contributed by atoms with E-state index in [0.717, 1.165) is 17.7 Å². The van der Waals surface area contributed by atoms with Crippen LogP contribution < -0.4 is 5.43 Å². The molecule has 0 radical (unpaired) electrons. The number of nitrogens with one attached hydrogen (secondary N) is 1. The first-order chi connectivity index (χ1) is 9.60. The number of H-pyrrole nitrogens is 1. The first-order valence-electron chi connectivity index (χ1n) is 6.33. The van der Waals surface area contributed by atoms with Crippen LogP contribution in [0.15, 0.2) is 45.7 Å². The minimum Gasteiger partial charge on any atom is -0.366 e. The van der Waals surface area contributed by atoms with Gasteiger partial charge >= 0.3 is 0 Å². The first-order valence-corrected chi connectivity index (χ1v) is 8.65. The highest BCUT2D eigenvalue weighted by atomic mass is 32.2. The zero-order valence-corrected chi connectivity index (χ0v) is 12.3. The van der Waals surface area contributed by atoms with Crippen LogP contribution >= 0.6 is 11.3 Å². The van der Waals surface area contributed by atoms with Gasteiger partial charge in [0.15, 0.2) is 0 Å². The molecule has 2 aromatic rings. The predicted octanol–water partition coefficient (Wildman–Crippen LogP) is 1.96. The number of hydrogen-bond acceptors (Lipinski definition) is 4. The molecule has 2 aromatic heterocycles. The van der Waals surface area contributed by atoms with Crippen LogP contribution in [0.1, 0.15) is 23.8 Å². The maximum Gasteiger partial charge on any atom is 0.249 e. The van der Waals surface area contributed by atoms with E-state index in [1.165, 1.54) is 22.8 Å². The smallest absolute Gasteiger partial charge is 0.249 e. The first kappa shape index (κ1) is 13.5. The second-order valence-corrected chi connectivity index (χ2v) is 7.50. The standard InChI is InChI=1S/C13H14N2O3S2/c16-11-5-6-14-9-13(11)20(17,18)15-7-1-3-10(15)12-4-2-8-19-12/h2,4-6,8-10H,1,3,7H2,(H,14,16). The van der Waals surface area contributed by atoms with E-state index in [2.05, 4.69) is 4.98 Å². The number of sulfonamides is 1. The summed E-state index contributed by atoms with van der Waals surface area (Å²) in [6.45, 7) is 0.458. The van der Waals surface area contributed by atoms with Gasteiger partial charge in [0.2, 0.25) is 15.5 Å². The van der Waals surface area contributed by atoms with Crippen molar-refractivity contribution in [2.75, 3.05) is 6.54 Å². The van der Waals surface area contributed by atoms with E-state index < -0.39 is 15.5 Å². The molecule has 106 valence electrons. The van der Waals surface area contributed by atoms with Gasteiger partial charge in [0.05, 0.1) is 6.04 Å². The van der Waals surface area contributed by atoms with E-state index in [1.807, 2.05) is 17.5 Å². The van der Waals surface area contributed by atoms with Crippen molar-refractivity contribution in [3.05, 3.63) is 51.1 Å². The molecule has 1 N–H and O–H groups in total. The molecule has 0 aliphatic carbocycles. The van der Waals surface area contributed by atoms with E-state index >= 15 is 0 Å². The predicted molar refractivity (Wildman–Crippen MR) is 77.2 cm³/mol. The summed E-state index contributed by atoms with van der Waals surface area (Å²) in [5, 5.41) is 1.94. The average molecular weight is 310 g/mol. The Labute approximate surface area is 120 Å². The van der Waals surface area contributed by atoms with Crippen LogP contribution in [0.25, 0.3) is 0 Å². The van der Waals surface area contributed by atoms with Crippen LogP contribution in [-0.4, -0.2) is 24.3 Å². The van der Waals surface area contributed by atoms with Crippen molar-refractivity contribution in [3.63, 3.8) is 0 Å². The fourth-order valence-corrected chi connectivity index (χ4v) is 5.18. The lowest BCUT2D eigenvalue weighted by atomic mass is 10.2. The van der Waals surface area contributed by atoms with Gasteiger partial charge in [0.1, 0.15) is 4.90 Å². The second-order valence-electron chi connectivity index (χ2n) is 4.66. The summed E-state index contributed by atoms with van der Waals surface area (Å²) in [5.41, 5.74) is -0.472. The topological polar surface area (TPSA) is 70.2 Å². The van der Waals surface area contributed by atoms with Gasteiger partial charge in [-0.25, -0.2) is 8.42 Å². The zero-order chi connectivity index (χ0) is 14.2. The van der Waals surface area contributed by atoms with Gasteiger partial charge in [-0.15, -0.1) is 11.3 Å². The molecule has 0 amide bonds. The number of aromatic nitrogens is 1. The molecule has 7 heteroatoms. The summed E-state index contributed by atoms with van der Waals surface area (Å²) >= 11 is 1.55. The molecule has 0 spiro atoms. The largest absolute Gasteiger partial charge is 0.366 e. The van der Waals surface area contributed by atoms with Crippen molar-refractivity contribution in [2.24, 2.45) is 0 Å². The molecule has 1 fully saturated rings. The van der Waals surface area contributed by atoms with Gasteiger partial charge in [-0.3, -0.25) is 4.79 Å². The fourth-order valence-electron chi connectivity index (χ4n) is 2.52. The Morgan fingerprint density at radius 3 is 2.90 bits per heavy atom. The molecular formula is C13H14N2O3S2. The Morgan fingerprint density at radius 1 is 1.35 bits per heavy atom. The van der Waals surface area contributed by atoms with Gasteiger partial charge in [-0.05, 0) is 24.3 Å². The molecule has 0 saturated carbocycles. The van der Waals surface area contributed by atoms with E-state index in [0.29, 0.717) is 6.54 Å². The van der Waals surface area contributed by atoms with Gasteiger partial charge in [0.25, 0.3) is 0 Å². The number of aromatic amines is 1. The van der Waals surface area contributed by atoms with E-state index in [1.54, 1.807) is 11.3 Å². The van der Waals surface area contributed by atoms with Gasteiger partial charge in [-0.1, -0.05) is 6.07 Å². The number of nitrogens with zero attached hydrogens (tertiary/aromatic N) is 1. The maximum atomic E-state index is 12.7. The van der Waals surface area contributed by atoms with E-state index in [4.69, 9.17) is 0 Å². The fraction of sp³-hybridized carbons (Fsp3) is 0.308. The van der Waals surface area contributed by atoms with Gasteiger partial charge in [0, 0.05) is 29.9 Å². The highest BCUT2D eigenvalue weighted by molar-refractivity contribution is 7.89. The van der Waals surface area contributed by atoms with Crippen molar-refractivity contribution in [1.29, 1.82) is 0 Å². The summed E-state index contributed by atoms with van der Waals surface area (Å²) in [6, 6.07) is 4.94. The Bertz CT molecular complexity index is 750. The lowest BCUT2D eigenvalue weighted by Crippen LogP contribution is -2.33. The van der Waals surface area contributed by atoms with Crippen LogP contribution in [-0.2, 0) is 10.0 Å². The van der Waals surface area contributed by atoms with E-state index in [9.17, 15) is 13.2 Å². The molecule has 0 bridgehead atoms. The molecule has 1 aliphatic rings. The van der Waals surface area contributed by atoms with Crippen LogP contribution in [0.4, 0.5) is 0 Å². The summed E-state index contributed by atoms with van der Waals surface area (Å²) in [5.74, 6) is 0. The van der Waals surface area contributed by atoms with E-state index in [-0.39, 0.29) is 10.9 Å². The molecule has 1 saturated heterocycles. The molecule has 1 aliphatic heterocycles. The molecule has 1 unspecified atom stereocenters. The average Bonchev–Trinajstić information content (AvgIpc) is 3.10. The van der Waals surface area contributed by atoms with Crippen molar-refractivity contribution >= 4 is 21.4 Å². The van der Waals surface area contributed by atoms with Crippen LogP contribution in [0.5, 0.6) is 0 Å². The monoisotopic (exact) mass is 310 g/mol. The summed E-state index contributed by atoms with van der Waals surface area (Å²) in [7, 11) is -3.75. The Balaban J connectivity index is 2.03. The Morgan fingerprint density at radius 2 is 2.20 bits per heavy atom. The third kappa shape index (κ3) is 2.21. The van der Waals surface area contributed by atoms with Crippen molar-refractivity contribution in [1.82, 2.24) is 9.29 Å². The zero-order valence-electron chi connectivity index (χ0n) is 10.7. The van der Waals surface area contributed by atoms with Crippen molar-refractivity contribution < 1.29 is 8.42 Å². The number of thiophene rings is 1. The molecule has 1 atom stereocenters. The van der Waals surface area contributed by atoms with Crippen molar-refractivity contribution in [2.45, 2.75) is 23.8 Å². The third-order valence-corrected chi connectivity index (χ3v) is 6.35. The number of hydrogen-bond donors (Lipinski definition) is 1. The quantitative estimate of drug-likeness (QED) is 0.942. The minimum absolute atomic E-state index is 0.153. The van der Waals surface area contributed by atoms with Crippen molar-refractivity contribution in [3.8, 4) is 0 Å². The highest BCUT2D eigenvalue weighted by Crippen LogP contribution is 2.37. The lowest BCUT2D eigenvalue weighted by molar-refractivity contribution is 0.400. The Kier molecular flexibility index (Phi) is 3.49. The molecule has 3 rings (SSSR count). The summed E-state index contributed by atoms with van der Waals surface area (Å²) in [6.07, 6.45) is 4.31. The number of pyridine rings is 1. The molecular weight excluding hydrogens is 296 g/mol. The SMILES string of the molecule is O=c1cc[nH]cc1S(=O)(=O)N1CCCC1c1cccs1. The summed E-state index contributed by atoms with van der Waals surface area (Å²) in [4.78, 5) is 15.3.